The minimum atomic E-state index is -6.70. The van der Waals surface area contributed by atoms with Crippen LogP contribution < -0.4 is 0 Å². The quantitative estimate of drug-likeness (QED) is 0.133. The molecule has 2 aliphatic carbocycles. The number of rotatable bonds is 11. The van der Waals surface area contributed by atoms with Crippen molar-refractivity contribution < 1.29 is 55.1 Å². The van der Waals surface area contributed by atoms with Crippen molar-refractivity contribution in [2.45, 2.75) is 111 Å². The Balaban J connectivity index is 1.73. The van der Waals surface area contributed by atoms with Gasteiger partial charge >= 0.3 is 323 Å². The van der Waals surface area contributed by atoms with Crippen molar-refractivity contribution in [3.8, 4) is 11.1 Å². The van der Waals surface area contributed by atoms with E-state index in [-0.39, 0.29) is 30.9 Å². The summed E-state index contributed by atoms with van der Waals surface area (Å²) in [6.07, 6.45) is -12.3. The topological polar surface area (TPSA) is 0 Å². The first-order valence-electron chi connectivity index (χ1n) is 18.5. The molecule has 54 heavy (non-hydrogen) atoms. The molecule has 0 radical (unpaired) electrons. The second kappa shape index (κ2) is 14.8. The van der Waals surface area contributed by atoms with Crippen molar-refractivity contribution in [3.05, 3.63) is 105 Å². The maximum atomic E-state index is 13.9. The Morgan fingerprint density at radius 3 is 1.70 bits per heavy atom. The fourth-order valence-corrected chi connectivity index (χ4v) is 40.6. The fourth-order valence-electron chi connectivity index (χ4n) is 9.12. The number of benzene rings is 3. The Labute approximate surface area is 321 Å². The van der Waals surface area contributed by atoms with Crippen molar-refractivity contribution >= 4 is 35.1 Å². The molecule has 3 aromatic rings. The molecular weight excluding hydrogens is 854 g/mol. The molecule has 4 unspecified atom stereocenters. The van der Waals surface area contributed by atoms with Crippen LogP contribution in [-0.4, -0.2) is 24.5 Å². The average Bonchev–Trinajstić information content (AvgIpc) is 3.67. The summed E-state index contributed by atoms with van der Waals surface area (Å²) in [6.45, 7) is 15.2. The number of hydrogen-bond donors (Lipinski definition) is 0. The maximum absolute atomic E-state index is 13.9. The Morgan fingerprint density at radius 2 is 1.22 bits per heavy atom. The van der Waals surface area contributed by atoms with Gasteiger partial charge in [-0.3, -0.25) is 0 Å². The number of fused-ring (bicyclic) bond motifs is 2. The summed E-state index contributed by atoms with van der Waals surface area (Å²) in [7, 11) is 17.0. The number of hydrogen-bond acceptors (Lipinski definition) is 0. The van der Waals surface area contributed by atoms with Crippen molar-refractivity contribution in [1.82, 2.24) is 0 Å². The normalized spacial score (nSPS) is 19.9. The van der Waals surface area contributed by atoms with Gasteiger partial charge in [-0.15, -0.1) is 0 Å². The first kappa shape index (κ1) is 43.3. The zero-order valence-corrected chi connectivity index (χ0v) is 36.4. The molecule has 0 saturated heterocycles. The molecule has 0 bridgehead atoms. The molecule has 295 valence electrons. The van der Waals surface area contributed by atoms with E-state index in [0.29, 0.717) is 23.5 Å². The number of allylic oxidation sites excluding steroid dienone is 2. The van der Waals surface area contributed by atoms with Crippen LogP contribution in [0.15, 0.2) is 71.8 Å². The van der Waals surface area contributed by atoms with E-state index < -0.39 is 51.0 Å². The van der Waals surface area contributed by atoms with Crippen molar-refractivity contribution in [3.63, 3.8) is 0 Å². The molecule has 4 atom stereocenters. The molecule has 0 fully saturated rings. The third-order valence-electron chi connectivity index (χ3n) is 12.2. The number of halogens is 11. The van der Waals surface area contributed by atoms with Crippen LogP contribution in [0.1, 0.15) is 107 Å². The molecule has 0 amide bonds. The van der Waals surface area contributed by atoms with Gasteiger partial charge in [-0.1, -0.05) is 0 Å². The van der Waals surface area contributed by atoms with Gasteiger partial charge in [0.05, 0.1) is 0 Å². The summed E-state index contributed by atoms with van der Waals surface area (Å²) in [5, 5.41) is 0. The van der Waals surface area contributed by atoms with Crippen molar-refractivity contribution in [2.24, 2.45) is 5.92 Å². The predicted molar refractivity (Wildman–Crippen MR) is 203 cm³/mol. The van der Waals surface area contributed by atoms with Gasteiger partial charge in [0.25, 0.3) is 0 Å². The summed E-state index contributed by atoms with van der Waals surface area (Å²) in [6, 6.07) is 14.2. The Bertz CT molecular complexity index is 1910. The average molecular weight is 900 g/mol. The van der Waals surface area contributed by atoms with E-state index in [4.69, 9.17) is 17.0 Å². The van der Waals surface area contributed by atoms with E-state index in [1.54, 1.807) is 12.1 Å². The standard InChI is InChI=1S/C21H14F9.C18H25.C2H7Si.2ClH.Zr/c1-2-12-10-14-4-3-5-16(17(14)11-12)13-6-8-15(9-7-13)18(19(22,23)24,20(25,26)27)21(28,29)30;1-5-8-14(4)16-11-15-9-7-10-17(13(3)6-2)18(15)12-16;1-3-2;;;/h3-11H,2H2,1H3;7,9-14H,5-6,8H2,1-4H3;3H,1-2H3;2*1H;/q;;;;;+2/p-2. The Hall–Kier alpha value is -1.81. The van der Waals surface area contributed by atoms with Gasteiger partial charge in [-0.05, 0) is 0 Å². The first-order chi connectivity index (χ1) is 24.9. The molecular formula is C41H46Cl2F9SiZr. The second-order valence-corrected chi connectivity index (χ2v) is 57.9. The van der Waals surface area contributed by atoms with Crippen LogP contribution in [0.5, 0.6) is 0 Å². The molecule has 2 aliphatic rings. The molecule has 0 saturated carbocycles. The minimum absolute atomic E-state index is 0.172. The van der Waals surface area contributed by atoms with E-state index in [1.165, 1.54) is 16.7 Å². The molecule has 0 spiro atoms. The van der Waals surface area contributed by atoms with Crippen LogP contribution in [0.25, 0.3) is 23.3 Å². The van der Waals surface area contributed by atoms with Gasteiger partial charge in [0.2, 0.25) is 0 Å². The Morgan fingerprint density at radius 1 is 0.685 bits per heavy atom. The van der Waals surface area contributed by atoms with Crippen molar-refractivity contribution in [1.29, 1.82) is 0 Å². The third kappa shape index (κ3) is 6.55. The van der Waals surface area contributed by atoms with E-state index in [1.807, 2.05) is 19.1 Å². The SMILES string of the molecule is CCCC(C)C1=Cc2c(C(C)CC)cccc2[CH]1[Zr]([Cl])([Cl])([CH]1C(CC)=Cc2c(-c3ccc(C(C(F)(F)F)(C(F)(F)F)C(F)(F)F)cc3)cccc21)[SiH](C)C. The summed E-state index contributed by atoms with van der Waals surface area (Å²) in [5.74, 6) is -1.46. The van der Waals surface area contributed by atoms with Gasteiger partial charge in [0.15, 0.2) is 0 Å². The van der Waals surface area contributed by atoms with Crippen LogP contribution in [0, 0.1) is 5.92 Å². The van der Waals surface area contributed by atoms with Crippen LogP contribution in [-0.2, 0) is 21.0 Å². The van der Waals surface area contributed by atoms with E-state index in [2.05, 4.69) is 65.1 Å². The van der Waals surface area contributed by atoms with Crippen molar-refractivity contribution in [2.75, 3.05) is 0 Å². The monoisotopic (exact) mass is 897 g/mol. The fraction of sp³-hybridized carbons (Fsp3) is 0.463. The molecule has 0 N–H and O–H groups in total. The van der Waals surface area contributed by atoms with E-state index >= 15 is 0 Å². The summed E-state index contributed by atoms with van der Waals surface area (Å²) in [4.78, 5) is 0. The second-order valence-electron chi connectivity index (χ2n) is 15.4. The molecule has 0 nitrogen and oxygen atoms in total. The molecule has 0 aromatic heterocycles. The third-order valence-corrected chi connectivity index (χ3v) is 64.0. The summed E-state index contributed by atoms with van der Waals surface area (Å²) >= 11 is -5.25. The van der Waals surface area contributed by atoms with Gasteiger partial charge in [0.1, 0.15) is 0 Å². The van der Waals surface area contributed by atoms with E-state index in [0.717, 1.165) is 48.1 Å². The molecule has 0 aliphatic heterocycles. The van der Waals surface area contributed by atoms with Crippen LogP contribution >= 0.6 is 17.0 Å². The van der Waals surface area contributed by atoms with Crippen LogP contribution in [0.2, 0.25) is 13.1 Å². The summed E-state index contributed by atoms with van der Waals surface area (Å²) < 4.78 is 125. The zero-order valence-electron chi connectivity index (χ0n) is 31.3. The summed E-state index contributed by atoms with van der Waals surface area (Å²) in [5.41, 5.74) is -0.0125. The van der Waals surface area contributed by atoms with E-state index in [9.17, 15) is 39.5 Å². The molecule has 13 heteroatoms. The molecule has 5 rings (SSSR count). The van der Waals surface area contributed by atoms with Crippen LogP contribution in [0.3, 0.4) is 0 Å². The van der Waals surface area contributed by atoms with Gasteiger partial charge in [0, 0.05) is 0 Å². The zero-order chi connectivity index (χ0) is 40.4. The first-order valence-corrected chi connectivity index (χ1v) is 34.8. The predicted octanol–water partition coefficient (Wildman–Crippen LogP) is 15.2. The van der Waals surface area contributed by atoms with Gasteiger partial charge < -0.3 is 0 Å². The number of alkyl halides is 9. The van der Waals surface area contributed by atoms with Crippen LogP contribution in [0.4, 0.5) is 39.5 Å². The van der Waals surface area contributed by atoms with Gasteiger partial charge in [-0.2, -0.15) is 0 Å². The van der Waals surface area contributed by atoms with Gasteiger partial charge in [-0.25, -0.2) is 0 Å². The molecule has 3 aromatic carbocycles. The Kier molecular flexibility index (Phi) is 11.9. The molecule has 0 heterocycles.